The van der Waals surface area contributed by atoms with E-state index >= 15 is 0 Å². The maximum absolute atomic E-state index is 12.4. The molecule has 6 heteroatoms. The fourth-order valence-electron chi connectivity index (χ4n) is 3.00. The minimum Gasteiger partial charge on any atom is -0.444 e. The monoisotopic (exact) mass is 347 g/mol. The third kappa shape index (κ3) is 3.80. The first-order valence-electron chi connectivity index (χ1n) is 8.40. The largest absolute Gasteiger partial charge is 0.444 e. The van der Waals surface area contributed by atoms with Gasteiger partial charge >= 0.3 is 6.09 Å². The molecule has 1 saturated heterocycles. The number of thiazole rings is 1. The topological polar surface area (TPSA) is 45.7 Å². The summed E-state index contributed by atoms with van der Waals surface area (Å²) in [7, 11) is 2.04. The van der Waals surface area contributed by atoms with E-state index in [4.69, 9.17) is 9.72 Å². The number of benzene rings is 1. The molecular weight excluding hydrogens is 322 g/mol. The van der Waals surface area contributed by atoms with Crippen molar-refractivity contribution in [1.29, 1.82) is 0 Å². The molecule has 5 nitrogen and oxygen atoms in total. The first-order chi connectivity index (χ1) is 11.3. The number of ether oxygens (including phenoxy) is 1. The zero-order chi connectivity index (χ0) is 17.3. The van der Waals surface area contributed by atoms with Crippen LogP contribution >= 0.6 is 11.3 Å². The van der Waals surface area contributed by atoms with Crippen molar-refractivity contribution >= 4 is 32.8 Å². The van der Waals surface area contributed by atoms with Gasteiger partial charge in [0.15, 0.2) is 5.13 Å². The van der Waals surface area contributed by atoms with Gasteiger partial charge in [-0.05, 0) is 45.7 Å². The molecule has 0 saturated carbocycles. The Kier molecular flexibility index (Phi) is 4.67. The first-order valence-corrected chi connectivity index (χ1v) is 9.21. The van der Waals surface area contributed by atoms with Crippen molar-refractivity contribution < 1.29 is 9.53 Å². The Bertz CT molecular complexity index is 689. The molecule has 0 spiro atoms. The highest BCUT2D eigenvalue weighted by Crippen LogP contribution is 2.29. The molecule has 1 amide bonds. The molecule has 0 N–H and O–H groups in total. The highest BCUT2D eigenvalue weighted by molar-refractivity contribution is 7.22. The van der Waals surface area contributed by atoms with Gasteiger partial charge < -0.3 is 14.5 Å². The lowest BCUT2D eigenvalue weighted by Crippen LogP contribution is -2.44. The van der Waals surface area contributed by atoms with Gasteiger partial charge in [-0.25, -0.2) is 9.78 Å². The number of carbonyl (C=O) groups excluding carboxylic acids is 1. The SMILES string of the molecule is CN(C[C@@H]1CCCN1C(=O)OC(C)(C)C)c1nc2ccccc2s1. The number of fused-ring (bicyclic) bond motifs is 1. The lowest BCUT2D eigenvalue weighted by molar-refractivity contribution is 0.0232. The van der Waals surface area contributed by atoms with Crippen molar-refractivity contribution in [2.45, 2.75) is 45.3 Å². The zero-order valence-corrected chi connectivity index (χ0v) is 15.6. The van der Waals surface area contributed by atoms with Crippen LogP contribution in [0.15, 0.2) is 24.3 Å². The average Bonchev–Trinajstić information content (AvgIpc) is 3.11. The Hall–Kier alpha value is -1.82. The van der Waals surface area contributed by atoms with E-state index in [2.05, 4.69) is 11.0 Å². The molecule has 0 radical (unpaired) electrons. The summed E-state index contributed by atoms with van der Waals surface area (Å²) in [5.74, 6) is 0. The number of rotatable bonds is 3. The van der Waals surface area contributed by atoms with Crippen molar-refractivity contribution in [2.75, 3.05) is 25.0 Å². The molecule has 2 aromatic rings. The number of amides is 1. The second kappa shape index (κ2) is 6.59. The fraction of sp³-hybridized carbons (Fsp3) is 0.556. The maximum atomic E-state index is 12.4. The number of nitrogens with zero attached hydrogens (tertiary/aromatic N) is 3. The second-order valence-corrected chi connectivity index (χ2v) is 8.32. The summed E-state index contributed by atoms with van der Waals surface area (Å²) >= 11 is 1.69. The molecule has 1 atom stereocenters. The van der Waals surface area contributed by atoms with Gasteiger partial charge in [0.2, 0.25) is 0 Å². The smallest absolute Gasteiger partial charge is 0.410 e. The van der Waals surface area contributed by atoms with Crippen molar-refractivity contribution in [1.82, 2.24) is 9.88 Å². The first kappa shape index (κ1) is 17.0. The number of likely N-dealkylation sites (tertiary alicyclic amines) is 1. The van der Waals surface area contributed by atoms with Crippen LogP contribution in [0.1, 0.15) is 33.6 Å². The Balaban J connectivity index is 1.68. The standard InChI is InChI=1S/C18H25N3O2S/c1-18(2,3)23-17(22)21-11-7-8-13(21)12-20(4)16-19-14-9-5-6-10-15(14)24-16/h5-6,9-10,13H,7-8,11-12H2,1-4H3/t13-/m0/s1. The van der Waals surface area contributed by atoms with Crippen LogP contribution in [0.25, 0.3) is 10.2 Å². The van der Waals surface area contributed by atoms with E-state index in [0.29, 0.717) is 0 Å². The number of hydrogen-bond acceptors (Lipinski definition) is 5. The summed E-state index contributed by atoms with van der Waals surface area (Å²) < 4.78 is 6.73. The highest BCUT2D eigenvalue weighted by atomic mass is 32.1. The van der Waals surface area contributed by atoms with Gasteiger partial charge in [-0.2, -0.15) is 0 Å². The lowest BCUT2D eigenvalue weighted by atomic mass is 10.2. The number of likely N-dealkylation sites (N-methyl/N-ethyl adjacent to an activating group) is 1. The number of para-hydroxylation sites is 1. The molecule has 1 aromatic heterocycles. The summed E-state index contributed by atoms with van der Waals surface area (Å²) in [6, 6.07) is 8.34. The molecule has 1 aliphatic heterocycles. The number of hydrogen-bond donors (Lipinski definition) is 0. The normalized spacial score (nSPS) is 18.2. The fourth-order valence-corrected chi connectivity index (χ4v) is 3.94. The van der Waals surface area contributed by atoms with E-state index in [0.717, 1.165) is 36.6 Å². The van der Waals surface area contributed by atoms with Crippen LogP contribution in [0.4, 0.5) is 9.93 Å². The van der Waals surface area contributed by atoms with Crippen LogP contribution in [0.5, 0.6) is 0 Å². The van der Waals surface area contributed by atoms with Crippen LogP contribution in [0.2, 0.25) is 0 Å². The molecule has 2 heterocycles. The minimum atomic E-state index is -0.455. The molecule has 0 unspecified atom stereocenters. The van der Waals surface area contributed by atoms with Crippen LogP contribution in [0, 0.1) is 0 Å². The molecule has 24 heavy (non-hydrogen) atoms. The highest BCUT2D eigenvalue weighted by Gasteiger charge is 2.33. The summed E-state index contributed by atoms with van der Waals surface area (Å²) in [5, 5.41) is 0.993. The zero-order valence-electron chi connectivity index (χ0n) is 14.8. The van der Waals surface area contributed by atoms with E-state index in [1.54, 1.807) is 11.3 Å². The molecular formula is C18H25N3O2S. The summed E-state index contributed by atoms with van der Waals surface area (Å²) in [4.78, 5) is 21.1. The van der Waals surface area contributed by atoms with Gasteiger partial charge in [0.25, 0.3) is 0 Å². The predicted octanol–water partition coefficient (Wildman–Crippen LogP) is 4.13. The van der Waals surface area contributed by atoms with Crippen LogP contribution < -0.4 is 4.90 Å². The summed E-state index contributed by atoms with van der Waals surface area (Å²) in [5.41, 5.74) is 0.572. The quantitative estimate of drug-likeness (QED) is 0.837. The minimum absolute atomic E-state index is 0.178. The Morgan fingerprint density at radius 3 is 2.88 bits per heavy atom. The van der Waals surface area contributed by atoms with Crippen LogP contribution in [0.3, 0.4) is 0 Å². The number of aromatic nitrogens is 1. The third-order valence-electron chi connectivity index (χ3n) is 4.10. The van der Waals surface area contributed by atoms with Gasteiger partial charge in [-0.15, -0.1) is 0 Å². The van der Waals surface area contributed by atoms with Gasteiger partial charge in [-0.3, -0.25) is 0 Å². The van der Waals surface area contributed by atoms with Crippen molar-refractivity contribution in [2.24, 2.45) is 0 Å². The molecule has 1 fully saturated rings. The Morgan fingerprint density at radius 1 is 1.42 bits per heavy atom. The van der Waals surface area contributed by atoms with E-state index in [1.165, 1.54) is 4.70 Å². The van der Waals surface area contributed by atoms with E-state index in [1.807, 2.05) is 50.9 Å². The van der Waals surface area contributed by atoms with E-state index in [9.17, 15) is 4.79 Å². The van der Waals surface area contributed by atoms with Gasteiger partial charge in [0, 0.05) is 20.1 Å². The maximum Gasteiger partial charge on any atom is 0.410 e. The van der Waals surface area contributed by atoms with Crippen LogP contribution in [-0.4, -0.2) is 47.8 Å². The molecule has 1 aromatic carbocycles. The summed E-state index contributed by atoms with van der Waals surface area (Å²) in [6.07, 6.45) is 1.83. The Labute approximate surface area is 147 Å². The van der Waals surface area contributed by atoms with Crippen molar-refractivity contribution in [3.8, 4) is 0 Å². The second-order valence-electron chi connectivity index (χ2n) is 7.31. The van der Waals surface area contributed by atoms with Crippen molar-refractivity contribution in [3.63, 3.8) is 0 Å². The number of anilines is 1. The molecule has 0 aliphatic carbocycles. The average molecular weight is 347 g/mol. The van der Waals surface area contributed by atoms with Gasteiger partial charge in [0.05, 0.1) is 16.3 Å². The molecule has 0 bridgehead atoms. The van der Waals surface area contributed by atoms with Gasteiger partial charge in [-0.1, -0.05) is 23.5 Å². The molecule has 130 valence electrons. The lowest BCUT2D eigenvalue weighted by Gasteiger charge is -2.30. The van der Waals surface area contributed by atoms with E-state index < -0.39 is 5.60 Å². The van der Waals surface area contributed by atoms with E-state index in [-0.39, 0.29) is 12.1 Å². The van der Waals surface area contributed by atoms with Crippen molar-refractivity contribution in [3.05, 3.63) is 24.3 Å². The third-order valence-corrected chi connectivity index (χ3v) is 5.25. The molecule has 3 rings (SSSR count). The van der Waals surface area contributed by atoms with Crippen LogP contribution in [-0.2, 0) is 4.74 Å². The molecule has 1 aliphatic rings. The number of carbonyl (C=O) groups is 1. The predicted molar refractivity (Wildman–Crippen MR) is 98.9 cm³/mol. The summed E-state index contributed by atoms with van der Waals surface area (Å²) in [6.45, 7) is 7.27. The van der Waals surface area contributed by atoms with Gasteiger partial charge in [0.1, 0.15) is 5.60 Å². The Morgan fingerprint density at radius 2 is 2.17 bits per heavy atom.